The van der Waals surface area contributed by atoms with E-state index in [-0.39, 0.29) is 19.1 Å². The molecule has 0 saturated carbocycles. The van der Waals surface area contributed by atoms with E-state index in [9.17, 15) is 9.13 Å². The Hall–Kier alpha value is -0.810. The van der Waals surface area contributed by atoms with Crippen LogP contribution in [0.5, 0.6) is 0 Å². The number of hydrogen-bond donors (Lipinski definition) is 5. The molecule has 0 saturated heterocycles. The number of phosphoric acid groups is 2. The SMILES string of the molecule is Cc1ncc(CNC(C)C(=S)CCOP(=O)(O)OP(=O)(O)O)c(N)n1. The topological polar surface area (TPSA) is 177 Å². The smallest absolute Gasteiger partial charge is 0.383 e. The number of anilines is 1. The summed E-state index contributed by atoms with van der Waals surface area (Å²) in [5, 5.41) is 3.10. The molecule has 11 nitrogen and oxygen atoms in total. The lowest BCUT2D eigenvalue weighted by Crippen LogP contribution is -2.33. The number of nitrogens with one attached hydrogen (secondary N) is 1. The van der Waals surface area contributed by atoms with Crippen LogP contribution in [0, 0.1) is 6.92 Å². The molecule has 25 heavy (non-hydrogen) atoms. The lowest BCUT2D eigenvalue weighted by atomic mass is 10.1. The van der Waals surface area contributed by atoms with E-state index in [1.807, 2.05) is 0 Å². The van der Waals surface area contributed by atoms with Crippen LogP contribution >= 0.6 is 27.9 Å². The molecule has 2 unspecified atom stereocenters. The average Bonchev–Trinajstić information content (AvgIpc) is 2.43. The molecule has 1 aromatic rings. The first-order chi connectivity index (χ1) is 11.4. The highest BCUT2D eigenvalue weighted by Gasteiger charge is 2.32. The van der Waals surface area contributed by atoms with Crippen LogP contribution in [0.15, 0.2) is 6.20 Å². The first-order valence-electron chi connectivity index (χ1n) is 6.98. The third kappa shape index (κ3) is 8.91. The van der Waals surface area contributed by atoms with E-state index in [0.717, 1.165) is 0 Å². The monoisotopic (exact) mass is 414 g/mol. The Morgan fingerprint density at radius 3 is 2.64 bits per heavy atom. The Balaban J connectivity index is 2.42. The van der Waals surface area contributed by atoms with Crippen molar-refractivity contribution in [3.8, 4) is 0 Å². The van der Waals surface area contributed by atoms with Gasteiger partial charge in [0.25, 0.3) is 0 Å². The van der Waals surface area contributed by atoms with Gasteiger partial charge in [-0.25, -0.2) is 19.1 Å². The third-order valence-electron chi connectivity index (χ3n) is 2.91. The normalized spacial score (nSPS) is 15.6. The van der Waals surface area contributed by atoms with Crippen LogP contribution in [0.3, 0.4) is 0 Å². The number of phosphoric ester groups is 1. The second-order valence-electron chi connectivity index (χ2n) is 5.02. The number of thiocarbonyl (C=S) groups is 1. The fraction of sp³-hybridized carbons (Fsp3) is 0.545. The Morgan fingerprint density at radius 2 is 2.08 bits per heavy atom. The fourth-order valence-electron chi connectivity index (χ4n) is 1.66. The molecule has 142 valence electrons. The van der Waals surface area contributed by atoms with Crippen LogP contribution in [-0.2, 0) is 24.5 Å². The van der Waals surface area contributed by atoms with Crippen molar-refractivity contribution in [1.29, 1.82) is 0 Å². The van der Waals surface area contributed by atoms with Crippen LogP contribution < -0.4 is 11.1 Å². The van der Waals surface area contributed by atoms with Gasteiger partial charge in [-0.1, -0.05) is 12.2 Å². The van der Waals surface area contributed by atoms with Crippen molar-refractivity contribution in [2.75, 3.05) is 12.3 Å². The summed E-state index contributed by atoms with van der Waals surface area (Å²) in [4.78, 5) is 34.7. The molecule has 0 aliphatic heterocycles. The molecule has 0 aliphatic carbocycles. The average molecular weight is 414 g/mol. The van der Waals surface area contributed by atoms with E-state index in [4.69, 9.17) is 32.6 Å². The molecule has 0 aromatic carbocycles. The zero-order valence-corrected chi connectivity index (χ0v) is 16.1. The molecule has 1 heterocycles. The molecular weight excluding hydrogens is 394 g/mol. The van der Waals surface area contributed by atoms with Gasteiger partial charge in [-0.2, -0.15) is 4.31 Å². The highest BCUT2D eigenvalue weighted by molar-refractivity contribution is 7.80. The Labute approximate surface area is 149 Å². The summed E-state index contributed by atoms with van der Waals surface area (Å²) < 4.78 is 29.9. The maximum atomic E-state index is 11.3. The van der Waals surface area contributed by atoms with Gasteiger partial charge in [-0.3, -0.25) is 4.52 Å². The number of aromatic nitrogens is 2. The molecule has 0 radical (unpaired) electrons. The van der Waals surface area contributed by atoms with Crippen LogP contribution in [0.1, 0.15) is 24.7 Å². The summed E-state index contributed by atoms with van der Waals surface area (Å²) in [5.41, 5.74) is 6.48. The van der Waals surface area contributed by atoms with E-state index < -0.39 is 15.6 Å². The van der Waals surface area contributed by atoms with Gasteiger partial charge in [0.15, 0.2) is 0 Å². The first-order valence-corrected chi connectivity index (χ1v) is 10.4. The molecule has 1 aromatic heterocycles. The second kappa shape index (κ2) is 9.22. The van der Waals surface area contributed by atoms with Crippen molar-refractivity contribution in [1.82, 2.24) is 15.3 Å². The van der Waals surface area contributed by atoms with Crippen LogP contribution in [0.25, 0.3) is 0 Å². The molecule has 0 amide bonds. The Kier molecular flexibility index (Phi) is 8.20. The predicted octanol–water partition coefficient (Wildman–Crippen LogP) is 0.832. The third-order valence-corrected chi connectivity index (χ3v) is 5.66. The van der Waals surface area contributed by atoms with E-state index in [1.165, 1.54) is 0 Å². The maximum absolute atomic E-state index is 11.3. The quantitative estimate of drug-likeness (QED) is 0.269. The molecule has 0 aliphatic rings. The summed E-state index contributed by atoms with van der Waals surface area (Å²) in [6.07, 6.45) is 1.70. The summed E-state index contributed by atoms with van der Waals surface area (Å²) in [7, 11) is -9.98. The summed E-state index contributed by atoms with van der Waals surface area (Å²) in [5.74, 6) is 0.921. The van der Waals surface area contributed by atoms with Crippen LogP contribution in [0.4, 0.5) is 5.82 Å². The van der Waals surface area contributed by atoms with Gasteiger partial charge >= 0.3 is 15.6 Å². The van der Waals surface area contributed by atoms with Crippen molar-refractivity contribution >= 4 is 38.5 Å². The zero-order valence-electron chi connectivity index (χ0n) is 13.5. The maximum Gasteiger partial charge on any atom is 0.481 e. The van der Waals surface area contributed by atoms with Gasteiger partial charge in [0.05, 0.1) is 6.61 Å². The molecule has 0 spiro atoms. The largest absolute Gasteiger partial charge is 0.481 e. The number of nitrogens with zero attached hydrogens (tertiary/aromatic N) is 2. The lowest BCUT2D eigenvalue weighted by molar-refractivity contribution is 0.182. The van der Waals surface area contributed by atoms with Gasteiger partial charge in [0, 0.05) is 35.6 Å². The molecule has 0 bridgehead atoms. The molecule has 1 rings (SSSR count). The van der Waals surface area contributed by atoms with Crippen LogP contribution in [0.2, 0.25) is 0 Å². The van der Waals surface area contributed by atoms with E-state index in [0.29, 0.717) is 28.6 Å². The molecule has 2 atom stereocenters. The standard InChI is InChI=1S/C11H20N4O7P2S/c1-7(13-5-9-6-14-8(2)15-11(9)12)10(25)3-4-21-24(19,20)22-23(16,17)18/h6-7,13H,3-5H2,1-2H3,(H,19,20)(H2,12,14,15)(H2,16,17,18). The summed E-state index contributed by atoms with van der Waals surface area (Å²) in [6, 6.07) is -0.264. The second-order valence-corrected chi connectivity index (χ2v) is 8.37. The van der Waals surface area contributed by atoms with E-state index in [2.05, 4.69) is 24.1 Å². The number of nitrogens with two attached hydrogens (primary N) is 1. The van der Waals surface area contributed by atoms with Gasteiger partial charge in [0.1, 0.15) is 11.6 Å². The predicted molar refractivity (Wildman–Crippen MR) is 93.6 cm³/mol. The minimum Gasteiger partial charge on any atom is -0.383 e. The zero-order chi connectivity index (χ0) is 19.3. The number of aryl methyl sites for hydroxylation is 1. The van der Waals surface area contributed by atoms with Gasteiger partial charge in [-0.15, -0.1) is 0 Å². The Bertz CT molecular complexity index is 714. The first kappa shape index (κ1) is 22.2. The highest BCUT2D eigenvalue weighted by Crippen LogP contribution is 2.57. The minimum atomic E-state index is -5.13. The van der Waals surface area contributed by atoms with Crippen molar-refractivity contribution in [2.45, 2.75) is 32.9 Å². The minimum absolute atomic E-state index is 0.0957. The van der Waals surface area contributed by atoms with Crippen molar-refractivity contribution in [2.24, 2.45) is 0 Å². The lowest BCUT2D eigenvalue weighted by Gasteiger charge is -2.17. The Morgan fingerprint density at radius 1 is 1.44 bits per heavy atom. The molecule has 6 N–H and O–H groups in total. The van der Waals surface area contributed by atoms with E-state index >= 15 is 0 Å². The highest BCUT2D eigenvalue weighted by atomic mass is 32.1. The van der Waals surface area contributed by atoms with Gasteiger partial charge < -0.3 is 25.7 Å². The molecular formula is C11H20N4O7P2S. The van der Waals surface area contributed by atoms with Crippen molar-refractivity contribution < 1.29 is 32.6 Å². The van der Waals surface area contributed by atoms with Crippen molar-refractivity contribution in [3.05, 3.63) is 17.6 Å². The molecule has 0 fully saturated rings. The number of nitrogen functional groups attached to an aromatic ring is 1. The fourth-order valence-corrected chi connectivity index (χ4v) is 3.41. The molecule has 14 heteroatoms. The number of rotatable bonds is 10. The summed E-state index contributed by atoms with van der Waals surface area (Å²) in [6.45, 7) is 3.53. The number of hydrogen-bond acceptors (Lipinski definition) is 9. The van der Waals surface area contributed by atoms with Gasteiger partial charge in [0.2, 0.25) is 0 Å². The summed E-state index contributed by atoms with van der Waals surface area (Å²) >= 11 is 5.17. The van der Waals surface area contributed by atoms with E-state index in [1.54, 1.807) is 20.0 Å². The van der Waals surface area contributed by atoms with Crippen LogP contribution in [-0.4, -0.2) is 42.2 Å². The van der Waals surface area contributed by atoms with Crippen molar-refractivity contribution in [3.63, 3.8) is 0 Å². The van der Waals surface area contributed by atoms with Gasteiger partial charge in [-0.05, 0) is 13.8 Å².